The minimum atomic E-state index is -4.39. The third-order valence-corrected chi connectivity index (χ3v) is 10.3. The molecule has 0 aliphatic carbocycles. The van der Waals surface area contributed by atoms with Crippen molar-refractivity contribution in [1.82, 2.24) is 0 Å². The van der Waals surface area contributed by atoms with E-state index in [1.54, 1.807) is 0 Å². The maximum atomic E-state index is 12.7. The van der Waals surface area contributed by atoms with E-state index in [2.05, 4.69) is 56.4 Å². The number of phosphoric acid groups is 1. The van der Waals surface area contributed by atoms with Gasteiger partial charge in [-0.05, 0) is 51.4 Å². The second kappa shape index (κ2) is 33.0. The standard InChI is InChI=1S/C44H78NO9P/c1-6-8-10-12-14-15-16-17-18-19-22-26-30-34-43(46)50-38-40(39-52-55(48,49)51-37-36-45(3,4)5)53-44(47)35-31-27-23-20-21-25-29-33-42-41(54-42)32-28-24-13-11-9-7-2/h9,11,20,23-25,28-29,40-42H,6-8,10,12-19,21-22,26-27,30-39H2,1-5H3/p+1/b11-9-,23-20-,28-24-,29-25-. The molecule has 4 atom stereocenters. The molecule has 1 rings (SSSR count). The molecular formula is C44H79NO9P+. The van der Waals surface area contributed by atoms with Gasteiger partial charge >= 0.3 is 19.8 Å². The topological polar surface area (TPSA) is 121 Å². The highest BCUT2D eigenvalue weighted by Crippen LogP contribution is 2.43. The Hall–Kier alpha value is -2.07. The minimum absolute atomic E-state index is 0.0179. The van der Waals surface area contributed by atoms with E-state index in [4.69, 9.17) is 23.3 Å². The number of quaternary nitrogens is 1. The number of unbranched alkanes of at least 4 members (excludes halogenated alkanes) is 13. The van der Waals surface area contributed by atoms with Crippen molar-refractivity contribution < 1.29 is 46.8 Å². The predicted octanol–water partition coefficient (Wildman–Crippen LogP) is 10.9. The number of ether oxygens (including phenoxy) is 3. The number of rotatable bonds is 37. The first kappa shape index (κ1) is 50.9. The molecule has 0 spiro atoms. The van der Waals surface area contributed by atoms with Crippen LogP contribution < -0.4 is 0 Å². The number of esters is 2. The first-order valence-corrected chi connectivity index (χ1v) is 23.0. The summed E-state index contributed by atoms with van der Waals surface area (Å²) in [7, 11) is 1.43. The van der Waals surface area contributed by atoms with Gasteiger partial charge in [-0.25, -0.2) is 4.57 Å². The molecule has 1 aliphatic rings. The van der Waals surface area contributed by atoms with E-state index in [1.807, 2.05) is 27.2 Å². The number of carbonyl (C=O) groups is 2. The molecule has 4 unspecified atom stereocenters. The summed E-state index contributed by atoms with van der Waals surface area (Å²) in [5, 5.41) is 0. The van der Waals surface area contributed by atoms with Crippen molar-refractivity contribution in [3.63, 3.8) is 0 Å². The van der Waals surface area contributed by atoms with Gasteiger partial charge in [-0.15, -0.1) is 0 Å². The summed E-state index contributed by atoms with van der Waals surface area (Å²) in [5.74, 6) is -0.873. The molecule has 0 saturated carbocycles. The van der Waals surface area contributed by atoms with Crippen molar-refractivity contribution in [2.45, 2.75) is 173 Å². The molecule has 0 bridgehead atoms. The monoisotopic (exact) mass is 797 g/mol. The molecule has 1 saturated heterocycles. The zero-order chi connectivity index (χ0) is 40.5. The highest BCUT2D eigenvalue weighted by Gasteiger charge is 2.36. The number of carbonyl (C=O) groups excluding carboxylic acids is 2. The van der Waals surface area contributed by atoms with E-state index >= 15 is 0 Å². The molecule has 55 heavy (non-hydrogen) atoms. The Morgan fingerprint density at radius 3 is 1.76 bits per heavy atom. The van der Waals surface area contributed by atoms with Crippen LogP contribution in [-0.4, -0.2) is 87.1 Å². The van der Waals surface area contributed by atoms with Crippen molar-refractivity contribution in [1.29, 1.82) is 0 Å². The second-order valence-electron chi connectivity index (χ2n) is 15.7. The van der Waals surface area contributed by atoms with Crippen molar-refractivity contribution in [2.24, 2.45) is 0 Å². The fraction of sp³-hybridized carbons (Fsp3) is 0.773. The van der Waals surface area contributed by atoms with E-state index in [-0.39, 0.29) is 32.0 Å². The first-order chi connectivity index (χ1) is 26.5. The summed E-state index contributed by atoms with van der Waals surface area (Å²) < 4.78 is 40.0. The average molecular weight is 797 g/mol. The van der Waals surface area contributed by atoms with Crippen molar-refractivity contribution in [2.75, 3.05) is 47.5 Å². The predicted molar refractivity (Wildman–Crippen MR) is 224 cm³/mol. The van der Waals surface area contributed by atoms with Gasteiger partial charge < -0.3 is 23.6 Å². The number of epoxide rings is 1. The Balaban J connectivity index is 2.34. The molecule has 0 aromatic heterocycles. The quantitative estimate of drug-likeness (QED) is 0.0163. The van der Waals surface area contributed by atoms with Crippen molar-refractivity contribution >= 4 is 19.8 Å². The Morgan fingerprint density at radius 2 is 1.20 bits per heavy atom. The van der Waals surface area contributed by atoms with Gasteiger partial charge in [0, 0.05) is 12.8 Å². The molecule has 0 radical (unpaired) electrons. The summed E-state index contributed by atoms with van der Waals surface area (Å²) in [5.41, 5.74) is 0. The molecule has 0 aromatic rings. The molecular weight excluding hydrogens is 717 g/mol. The number of likely N-dealkylation sites (N-methyl/N-ethyl adjacent to an activating group) is 1. The number of hydrogen-bond acceptors (Lipinski definition) is 8. The van der Waals surface area contributed by atoms with E-state index in [0.717, 1.165) is 51.4 Å². The minimum Gasteiger partial charge on any atom is -0.462 e. The van der Waals surface area contributed by atoms with Crippen LogP contribution in [0.25, 0.3) is 0 Å². The zero-order valence-electron chi connectivity index (χ0n) is 35.3. The van der Waals surface area contributed by atoms with Gasteiger partial charge in [-0.2, -0.15) is 0 Å². The Morgan fingerprint density at radius 1 is 0.673 bits per heavy atom. The van der Waals surface area contributed by atoms with Gasteiger partial charge in [0.1, 0.15) is 19.8 Å². The van der Waals surface area contributed by atoms with Crippen LogP contribution in [0.4, 0.5) is 0 Å². The molecule has 1 N–H and O–H groups in total. The van der Waals surface area contributed by atoms with Crippen LogP contribution >= 0.6 is 7.82 Å². The third-order valence-electron chi connectivity index (χ3n) is 9.28. The molecule has 1 fully saturated rings. The van der Waals surface area contributed by atoms with E-state index in [0.29, 0.717) is 36.1 Å². The molecule has 0 amide bonds. The molecule has 1 aliphatic heterocycles. The number of nitrogens with zero attached hydrogens (tertiary/aromatic N) is 1. The summed E-state index contributed by atoms with van der Waals surface area (Å²) in [4.78, 5) is 35.3. The van der Waals surface area contributed by atoms with Crippen LogP contribution in [0.5, 0.6) is 0 Å². The Kier molecular flexibility index (Phi) is 30.5. The van der Waals surface area contributed by atoms with E-state index in [1.165, 1.54) is 64.2 Å². The van der Waals surface area contributed by atoms with Crippen LogP contribution in [0.3, 0.4) is 0 Å². The average Bonchev–Trinajstić information content (AvgIpc) is 3.89. The smallest absolute Gasteiger partial charge is 0.462 e. The lowest BCUT2D eigenvalue weighted by molar-refractivity contribution is -0.870. The van der Waals surface area contributed by atoms with Gasteiger partial charge in [-0.1, -0.05) is 140 Å². The molecule has 1 heterocycles. The first-order valence-electron chi connectivity index (χ1n) is 21.5. The zero-order valence-corrected chi connectivity index (χ0v) is 36.2. The third kappa shape index (κ3) is 33.8. The fourth-order valence-corrected chi connectivity index (χ4v) is 6.54. The lowest BCUT2D eigenvalue weighted by Gasteiger charge is -2.24. The van der Waals surface area contributed by atoms with Gasteiger partial charge in [0.15, 0.2) is 6.10 Å². The van der Waals surface area contributed by atoms with Crippen LogP contribution in [0, 0.1) is 0 Å². The van der Waals surface area contributed by atoms with Gasteiger partial charge in [0.05, 0.1) is 40.0 Å². The second-order valence-corrected chi connectivity index (χ2v) is 17.2. The SMILES string of the molecule is CC/C=C\C/C=C\CC1OC1C/C=C\C/C=C\CCCC(=O)OC(COC(=O)CCCCCCCCCCCCCCC)COP(=O)(O)OCC[N+](C)(C)C. The van der Waals surface area contributed by atoms with Crippen LogP contribution in [-0.2, 0) is 37.4 Å². The summed E-state index contributed by atoms with van der Waals surface area (Å²) in [6.45, 7) is 4.22. The number of phosphoric ester groups is 1. The lowest BCUT2D eigenvalue weighted by Crippen LogP contribution is -2.37. The molecule has 318 valence electrons. The molecule has 10 nitrogen and oxygen atoms in total. The summed E-state index contributed by atoms with van der Waals surface area (Å²) in [6.07, 6.45) is 39.1. The number of allylic oxidation sites excluding steroid dienone is 6. The van der Waals surface area contributed by atoms with Gasteiger partial charge in [-0.3, -0.25) is 18.6 Å². The molecule has 11 heteroatoms. The van der Waals surface area contributed by atoms with E-state index in [9.17, 15) is 19.0 Å². The largest absolute Gasteiger partial charge is 0.472 e. The summed E-state index contributed by atoms with van der Waals surface area (Å²) in [6, 6.07) is 0. The molecule has 0 aromatic carbocycles. The maximum absolute atomic E-state index is 12.7. The fourth-order valence-electron chi connectivity index (χ4n) is 5.80. The van der Waals surface area contributed by atoms with Crippen LogP contribution in [0.1, 0.15) is 155 Å². The summed E-state index contributed by atoms with van der Waals surface area (Å²) >= 11 is 0. The normalized spacial score (nSPS) is 17.8. The lowest BCUT2D eigenvalue weighted by atomic mass is 10.0. The van der Waals surface area contributed by atoms with Crippen molar-refractivity contribution in [3.8, 4) is 0 Å². The van der Waals surface area contributed by atoms with Crippen LogP contribution in [0.15, 0.2) is 48.6 Å². The van der Waals surface area contributed by atoms with Gasteiger partial charge in [0.25, 0.3) is 0 Å². The Labute approximate surface area is 335 Å². The maximum Gasteiger partial charge on any atom is 0.472 e. The highest BCUT2D eigenvalue weighted by molar-refractivity contribution is 7.47. The number of hydrogen-bond donors (Lipinski definition) is 1. The highest BCUT2D eigenvalue weighted by atomic mass is 31.2. The Bertz CT molecular complexity index is 1150. The van der Waals surface area contributed by atoms with Crippen LogP contribution in [0.2, 0.25) is 0 Å². The van der Waals surface area contributed by atoms with E-state index < -0.39 is 26.5 Å². The van der Waals surface area contributed by atoms with Gasteiger partial charge in [0.2, 0.25) is 0 Å². The van der Waals surface area contributed by atoms with Crippen molar-refractivity contribution in [3.05, 3.63) is 48.6 Å².